The van der Waals surface area contributed by atoms with Gasteiger partial charge in [0.2, 0.25) is 0 Å². The molecule has 0 heterocycles. The van der Waals surface area contributed by atoms with Crippen molar-refractivity contribution >= 4 is 0 Å². The van der Waals surface area contributed by atoms with Gasteiger partial charge in [-0.2, -0.15) is 0 Å². The van der Waals surface area contributed by atoms with Crippen molar-refractivity contribution in [3.8, 4) is 0 Å². The quantitative estimate of drug-likeness (QED) is 0.802. The highest BCUT2D eigenvalue weighted by molar-refractivity contribution is 4.94. The van der Waals surface area contributed by atoms with E-state index in [2.05, 4.69) is 60.7 Å². The van der Waals surface area contributed by atoms with Gasteiger partial charge in [-0.05, 0) is 71.6 Å². The summed E-state index contributed by atoms with van der Waals surface area (Å²) in [5.41, 5.74) is 0.638. The van der Waals surface area contributed by atoms with Crippen LogP contribution in [0.4, 0.5) is 0 Å². The van der Waals surface area contributed by atoms with Gasteiger partial charge in [0, 0.05) is 12.1 Å². The highest BCUT2D eigenvalue weighted by Gasteiger charge is 2.40. The predicted molar refractivity (Wildman–Crippen MR) is 88.1 cm³/mol. The maximum atomic E-state index is 6.37. The molecule has 0 unspecified atom stereocenters. The van der Waals surface area contributed by atoms with Crippen LogP contribution in [0.25, 0.3) is 0 Å². The highest BCUT2D eigenvalue weighted by Crippen LogP contribution is 2.43. The zero-order valence-corrected chi connectivity index (χ0v) is 15.1. The molecule has 0 aromatic heterocycles. The number of nitrogens with one attached hydrogen (secondary N) is 1. The molecule has 0 spiro atoms. The third-order valence-corrected chi connectivity index (χ3v) is 4.55. The van der Waals surface area contributed by atoms with E-state index < -0.39 is 0 Å². The molecule has 0 bridgehead atoms. The molecule has 1 rings (SSSR count). The van der Waals surface area contributed by atoms with E-state index in [1.807, 2.05) is 0 Å². The van der Waals surface area contributed by atoms with Gasteiger partial charge in [-0.25, -0.2) is 0 Å². The Kier molecular flexibility index (Phi) is 5.71. The van der Waals surface area contributed by atoms with Crippen molar-refractivity contribution in [2.75, 3.05) is 6.54 Å². The summed E-state index contributed by atoms with van der Waals surface area (Å²) < 4.78 is 6.37. The standard InChI is InChI=1S/C18H37NO/c1-14(2)20-18(13-19-17(6,7)8)11-9-15(10-12-18)16(3,4)5/h14-15,19H,9-13H2,1-8H3. The molecule has 0 aliphatic heterocycles. The van der Waals surface area contributed by atoms with E-state index in [-0.39, 0.29) is 11.1 Å². The molecule has 1 N–H and O–H groups in total. The Labute approximate surface area is 127 Å². The second-order valence-electron chi connectivity index (χ2n) is 9.09. The predicted octanol–water partition coefficient (Wildman–Crippen LogP) is 4.77. The smallest absolute Gasteiger partial charge is 0.0810 e. The van der Waals surface area contributed by atoms with Crippen LogP contribution >= 0.6 is 0 Å². The van der Waals surface area contributed by atoms with Crippen molar-refractivity contribution < 1.29 is 4.74 Å². The van der Waals surface area contributed by atoms with Gasteiger partial charge in [0.1, 0.15) is 0 Å². The lowest BCUT2D eigenvalue weighted by Crippen LogP contribution is -2.52. The van der Waals surface area contributed by atoms with Crippen LogP contribution in [0.15, 0.2) is 0 Å². The average Bonchev–Trinajstić information content (AvgIpc) is 2.24. The molecule has 2 heteroatoms. The Morgan fingerprint density at radius 1 is 1.05 bits per heavy atom. The van der Waals surface area contributed by atoms with Crippen LogP contribution in [0.1, 0.15) is 81.1 Å². The van der Waals surface area contributed by atoms with Crippen LogP contribution in [-0.2, 0) is 4.74 Å². The topological polar surface area (TPSA) is 21.3 Å². The second kappa shape index (κ2) is 6.36. The van der Waals surface area contributed by atoms with Crippen molar-refractivity contribution in [1.82, 2.24) is 5.32 Å². The molecular formula is C18H37NO. The van der Waals surface area contributed by atoms with Crippen molar-refractivity contribution in [2.24, 2.45) is 11.3 Å². The molecule has 1 aliphatic carbocycles. The zero-order chi connectivity index (χ0) is 15.6. The van der Waals surface area contributed by atoms with Crippen LogP contribution in [0.2, 0.25) is 0 Å². The minimum absolute atomic E-state index is 0.0448. The van der Waals surface area contributed by atoms with Crippen LogP contribution in [-0.4, -0.2) is 23.8 Å². The van der Waals surface area contributed by atoms with E-state index in [1.54, 1.807) is 0 Å². The summed E-state index contributed by atoms with van der Waals surface area (Å²) in [6, 6.07) is 0. The maximum absolute atomic E-state index is 6.37. The van der Waals surface area contributed by atoms with Gasteiger partial charge in [0.25, 0.3) is 0 Å². The third-order valence-electron chi connectivity index (χ3n) is 4.55. The van der Waals surface area contributed by atoms with Crippen LogP contribution < -0.4 is 5.32 Å². The molecule has 0 aromatic rings. The molecule has 1 fully saturated rings. The summed E-state index contributed by atoms with van der Waals surface area (Å²) in [7, 11) is 0. The SMILES string of the molecule is CC(C)OC1(CNC(C)(C)C)CCC(C(C)(C)C)CC1. The molecule has 120 valence electrons. The van der Waals surface area contributed by atoms with Gasteiger partial charge < -0.3 is 10.1 Å². The summed E-state index contributed by atoms with van der Waals surface area (Å²) in [5, 5.41) is 3.67. The molecule has 0 aromatic carbocycles. The van der Waals surface area contributed by atoms with E-state index in [0.717, 1.165) is 12.5 Å². The number of hydrogen-bond donors (Lipinski definition) is 1. The first-order valence-electron chi connectivity index (χ1n) is 8.36. The van der Waals surface area contributed by atoms with E-state index in [1.165, 1.54) is 25.7 Å². The Morgan fingerprint density at radius 2 is 1.55 bits per heavy atom. The largest absolute Gasteiger partial charge is 0.371 e. The average molecular weight is 284 g/mol. The summed E-state index contributed by atoms with van der Waals surface area (Å²) in [4.78, 5) is 0. The maximum Gasteiger partial charge on any atom is 0.0810 e. The van der Waals surface area contributed by atoms with Crippen LogP contribution in [0.3, 0.4) is 0 Å². The van der Waals surface area contributed by atoms with Crippen molar-refractivity contribution in [3.05, 3.63) is 0 Å². The Morgan fingerprint density at radius 3 is 1.90 bits per heavy atom. The van der Waals surface area contributed by atoms with Crippen LogP contribution in [0.5, 0.6) is 0 Å². The van der Waals surface area contributed by atoms with E-state index in [9.17, 15) is 0 Å². The van der Waals surface area contributed by atoms with E-state index in [4.69, 9.17) is 4.74 Å². The molecule has 1 saturated carbocycles. The molecule has 0 radical (unpaired) electrons. The summed E-state index contributed by atoms with van der Waals surface area (Å²) in [5.74, 6) is 0.834. The number of hydrogen-bond acceptors (Lipinski definition) is 2. The molecule has 2 nitrogen and oxygen atoms in total. The van der Waals surface area contributed by atoms with E-state index >= 15 is 0 Å². The van der Waals surface area contributed by atoms with Gasteiger partial charge >= 0.3 is 0 Å². The minimum Gasteiger partial charge on any atom is -0.371 e. The normalized spacial score (nSPS) is 28.9. The first-order chi connectivity index (χ1) is 8.94. The summed E-state index contributed by atoms with van der Waals surface area (Å²) in [6.07, 6.45) is 5.28. The first-order valence-corrected chi connectivity index (χ1v) is 8.36. The third kappa shape index (κ3) is 5.73. The molecular weight excluding hydrogens is 246 g/mol. The van der Waals surface area contributed by atoms with Crippen molar-refractivity contribution in [2.45, 2.75) is 98.3 Å². The monoisotopic (exact) mass is 283 g/mol. The van der Waals surface area contributed by atoms with Crippen LogP contribution in [0, 0.1) is 11.3 Å². The summed E-state index contributed by atoms with van der Waals surface area (Å²) >= 11 is 0. The van der Waals surface area contributed by atoms with Gasteiger partial charge in [-0.3, -0.25) is 0 Å². The highest BCUT2D eigenvalue weighted by atomic mass is 16.5. The second-order valence-corrected chi connectivity index (χ2v) is 9.09. The summed E-state index contributed by atoms with van der Waals surface area (Å²) in [6.45, 7) is 19.1. The van der Waals surface area contributed by atoms with Gasteiger partial charge in [-0.15, -0.1) is 0 Å². The van der Waals surface area contributed by atoms with Gasteiger partial charge in [0.05, 0.1) is 11.7 Å². The lowest BCUT2D eigenvalue weighted by Gasteiger charge is -2.46. The Bertz CT molecular complexity index is 288. The van der Waals surface area contributed by atoms with Gasteiger partial charge in [-0.1, -0.05) is 20.8 Å². The Hall–Kier alpha value is -0.0800. The fourth-order valence-corrected chi connectivity index (χ4v) is 3.27. The molecule has 0 atom stereocenters. The zero-order valence-electron chi connectivity index (χ0n) is 15.1. The van der Waals surface area contributed by atoms with Gasteiger partial charge in [0.15, 0.2) is 0 Å². The molecule has 0 amide bonds. The fourth-order valence-electron chi connectivity index (χ4n) is 3.27. The lowest BCUT2D eigenvalue weighted by atomic mass is 9.68. The molecule has 1 aliphatic rings. The molecule has 20 heavy (non-hydrogen) atoms. The first kappa shape index (κ1) is 18.0. The Balaban J connectivity index is 2.68. The van der Waals surface area contributed by atoms with Crippen molar-refractivity contribution in [1.29, 1.82) is 0 Å². The minimum atomic E-state index is 0.0448. The number of ether oxygens (including phenoxy) is 1. The lowest BCUT2D eigenvalue weighted by molar-refractivity contribution is -0.114. The van der Waals surface area contributed by atoms with E-state index in [0.29, 0.717) is 11.5 Å². The van der Waals surface area contributed by atoms with Crippen molar-refractivity contribution in [3.63, 3.8) is 0 Å². The molecule has 0 saturated heterocycles. The fraction of sp³-hybridized carbons (Fsp3) is 1.00. The number of rotatable bonds is 4.